The summed E-state index contributed by atoms with van der Waals surface area (Å²) in [5.74, 6) is 1.54. The first-order chi connectivity index (χ1) is 13.5. The third-order valence-corrected chi connectivity index (χ3v) is 4.93. The van der Waals surface area contributed by atoms with Gasteiger partial charge in [-0.3, -0.25) is 20.1 Å². The molecule has 2 atom stereocenters. The van der Waals surface area contributed by atoms with Gasteiger partial charge in [0.1, 0.15) is 11.6 Å². The van der Waals surface area contributed by atoms with E-state index in [1.807, 2.05) is 41.9 Å². The highest BCUT2D eigenvalue weighted by molar-refractivity contribution is 5.97. The molecule has 0 spiro atoms. The summed E-state index contributed by atoms with van der Waals surface area (Å²) in [5, 5.41) is 24.7. The van der Waals surface area contributed by atoms with Gasteiger partial charge in [-0.1, -0.05) is 30.3 Å². The van der Waals surface area contributed by atoms with Crippen LogP contribution in [0.2, 0.25) is 0 Å². The Labute approximate surface area is 162 Å². The maximum Gasteiger partial charge on any atom is 0.245 e. The van der Waals surface area contributed by atoms with Crippen molar-refractivity contribution in [1.29, 1.82) is 0 Å². The summed E-state index contributed by atoms with van der Waals surface area (Å²) in [6.45, 7) is 2.50. The number of H-pyrrole nitrogens is 1. The van der Waals surface area contributed by atoms with Crippen LogP contribution in [0.15, 0.2) is 36.5 Å². The van der Waals surface area contributed by atoms with E-state index in [0.29, 0.717) is 25.2 Å². The van der Waals surface area contributed by atoms with Crippen molar-refractivity contribution in [2.45, 2.75) is 38.6 Å². The second-order valence-electron chi connectivity index (χ2n) is 6.98. The van der Waals surface area contributed by atoms with Crippen LogP contribution in [-0.4, -0.2) is 49.1 Å². The lowest BCUT2D eigenvalue weighted by atomic mass is 10.1. The molecule has 3 aromatic rings. The molecule has 0 aliphatic carbocycles. The number of aromatic nitrogens is 5. The molecule has 1 aliphatic rings. The lowest BCUT2D eigenvalue weighted by Gasteiger charge is -2.22. The second kappa shape index (κ2) is 7.53. The summed E-state index contributed by atoms with van der Waals surface area (Å²) in [5.41, 5.74) is 2.04. The number of rotatable bonds is 5. The number of carbonyl (C=O) groups excluding carboxylic acids is 1. The zero-order valence-corrected chi connectivity index (χ0v) is 15.8. The van der Waals surface area contributed by atoms with Gasteiger partial charge in [0, 0.05) is 25.6 Å². The Morgan fingerprint density at radius 2 is 2.14 bits per heavy atom. The van der Waals surface area contributed by atoms with Crippen LogP contribution in [-0.2, 0) is 17.8 Å². The number of aliphatic hydroxyl groups is 1. The average molecular weight is 381 g/mol. The Morgan fingerprint density at radius 3 is 2.93 bits per heavy atom. The molecule has 28 heavy (non-hydrogen) atoms. The van der Waals surface area contributed by atoms with Crippen molar-refractivity contribution >= 4 is 11.7 Å². The maximum atomic E-state index is 12.8. The van der Waals surface area contributed by atoms with Crippen LogP contribution in [0.1, 0.15) is 35.4 Å². The Kier molecular flexibility index (Phi) is 4.93. The fourth-order valence-electron chi connectivity index (χ4n) is 3.51. The van der Waals surface area contributed by atoms with Crippen LogP contribution in [0.25, 0.3) is 0 Å². The number of aryl methyl sites for hydroxylation is 2. The number of benzene rings is 1. The van der Waals surface area contributed by atoms with Crippen molar-refractivity contribution in [2.75, 3.05) is 11.9 Å². The zero-order valence-electron chi connectivity index (χ0n) is 15.8. The normalized spacial score (nSPS) is 18.0. The summed E-state index contributed by atoms with van der Waals surface area (Å²) in [6, 6.07) is 9.33. The van der Waals surface area contributed by atoms with Crippen molar-refractivity contribution in [3.63, 3.8) is 0 Å². The number of likely N-dealkylation sites (N-methyl/N-ethyl adjacent to an activating group) is 1. The van der Waals surface area contributed by atoms with Gasteiger partial charge in [-0.05, 0) is 18.9 Å². The van der Waals surface area contributed by atoms with Crippen molar-refractivity contribution in [3.05, 3.63) is 59.3 Å². The smallest absolute Gasteiger partial charge is 0.245 e. The minimum absolute atomic E-state index is 0.124. The van der Waals surface area contributed by atoms with Crippen LogP contribution in [0.3, 0.4) is 0 Å². The SMILES string of the molecule is Cc1cnn2c1N(C)C(=O)[C@H](NC(O)c1n[nH]c(Cc3ccccc3)n1)CC2. The average Bonchev–Trinajstić information content (AvgIpc) is 3.28. The molecule has 146 valence electrons. The predicted octanol–water partition coefficient (Wildman–Crippen LogP) is 0.916. The summed E-state index contributed by atoms with van der Waals surface area (Å²) >= 11 is 0. The molecule has 0 saturated carbocycles. The number of nitrogens with one attached hydrogen (secondary N) is 2. The van der Waals surface area contributed by atoms with Crippen LogP contribution < -0.4 is 10.2 Å². The lowest BCUT2D eigenvalue weighted by molar-refractivity contribution is -0.121. The minimum Gasteiger partial charge on any atom is -0.371 e. The summed E-state index contributed by atoms with van der Waals surface area (Å²) in [4.78, 5) is 18.8. The Balaban J connectivity index is 1.44. The number of amides is 1. The van der Waals surface area contributed by atoms with Crippen LogP contribution in [0.5, 0.6) is 0 Å². The van der Waals surface area contributed by atoms with E-state index in [0.717, 1.165) is 16.9 Å². The molecule has 0 bridgehead atoms. The first kappa shape index (κ1) is 18.3. The number of nitrogens with zero attached hydrogens (tertiary/aromatic N) is 5. The van der Waals surface area contributed by atoms with Gasteiger partial charge in [-0.25, -0.2) is 9.67 Å². The third kappa shape index (κ3) is 3.54. The molecule has 3 heterocycles. The van der Waals surface area contributed by atoms with Gasteiger partial charge in [0.15, 0.2) is 12.1 Å². The Bertz CT molecular complexity index is 966. The van der Waals surface area contributed by atoms with E-state index < -0.39 is 12.3 Å². The molecule has 3 N–H and O–H groups in total. The Morgan fingerprint density at radius 1 is 1.36 bits per heavy atom. The number of aromatic amines is 1. The molecular weight excluding hydrogens is 358 g/mol. The lowest BCUT2D eigenvalue weighted by Crippen LogP contribution is -2.46. The van der Waals surface area contributed by atoms with Gasteiger partial charge < -0.3 is 5.11 Å². The monoisotopic (exact) mass is 381 g/mol. The number of aliphatic hydroxyl groups excluding tert-OH is 1. The van der Waals surface area contributed by atoms with Crippen molar-refractivity contribution in [1.82, 2.24) is 30.3 Å². The fraction of sp³-hybridized carbons (Fsp3) is 0.368. The van der Waals surface area contributed by atoms with Gasteiger partial charge in [-0.2, -0.15) is 10.2 Å². The van der Waals surface area contributed by atoms with Gasteiger partial charge >= 0.3 is 0 Å². The van der Waals surface area contributed by atoms with Crippen molar-refractivity contribution in [3.8, 4) is 0 Å². The summed E-state index contributed by atoms with van der Waals surface area (Å²) < 4.78 is 1.81. The molecule has 0 radical (unpaired) electrons. The molecule has 4 rings (SSSR count). The van der Waals surface area contributed by atoms with E-state index in [2.05, 4.69) is 25.6 Å². The van der Waals surface area contributed by atoms with Gasteiger partial charge in [0.2, 0.25) is 5.91 Å². The van der Waals surface area contributed by atoms with Gasteiger partial charge in [0.25, 0.3) is 0 Å². The maximum absolute atomic E-state index is 12.8. The van der Waals surface area contributed by atoms with E-state index >= 15 is 0 Å². The molecule has 1 aromatic carbocycles. The largest absolute Gasteiger partial charge is 0.371 e. The molecule has 9 nitrogen and oxygen atoms in total. The highest BCUT2D eigenvalue weighted by Crippen LogP contribution is 2.24. The molecule has 9 heteroatoms. The molecule has 1 aliphatic heterocycles. The highest BCUT2D eigenvalue weighted by Gasteiger charge is 2.31. The van der Waals surface area contributed by atoms with Crippen molar-refractivity contribution < 1.29 is 9.90 Å². The minimum atomic E-state index is -1.14. The third-order valence-electron chi connectivity index (χ3n) is 4.93. The molecule has 1 amide bonds. The van der Waals surface area contributed by atoms with Crippen molar-refractivity contribution in [2.24, 2.45) is 0 Å². The summed E-state index contributed by atoms with van der Waals surface area (Å²) in [6.07, 6.45) is 1.71. The molecular formula is C19H23N7O2. The van der Waals surface area contributed by atoms with Gasteiger partial charge in [0.05, 0.1) is 12.2 Å². The zero-order chi connectivity index (χ0) is 19.7. The predicted molar refractivity (Wildman–Crippen MR) is 103 cm³/mol. The standard InChI is InChI=1S/C19H23N7O2/c1-12-11-20-26-9-8-14(19(28)25(2)18(12)26)21-17(27)16-22-15(23-24-16)10-13-6-4-3-5-7-13/h3-7,11,14,17,21,27H,8-10H2,1-2H3,(H,22,23,24)/t14-,17?/m1/s1. The first-order valence-corrected chi connectivity index (χ1v) is 9.22. The molecule has 1 unspecified atom stereocenters. The Hall–Kier alpha value is -3.04. The van der Waals surface area contributed by atoms with Crippen LogP contribution in [0, 0.1) is 6.92 Å². The molecule has 2 aromatic heterocycles. The van der Waals surface area contributed by atoms with E-state index in [9.17, 15) is 9.90 Å². The number of carbonyl (C=O) groups is 1. The topological polar surface area (TPSA) is 112 Å². The number of hydrogen-bond donors (Lipinski definition) is 3. The molecule has 0 saturated heterocycles. The number of fused-ring (bicyclic) bond motifs is 1. The highest BCUT2D eigenvalue weighted by atomic mass is 16.3. The number of anilines is 1. The van der Waals surface area contributed by atoms with Crippen LogP contribution in [0.4, 0.5) is 5.82 Å². The van der Waals surface area contributed by atoms with E-state index in [4.69, 9.17) is 0 Å². The van der Waals surface area contributed by atoms with Gasteiger partial charge in [-0.15, -0.1) is 0 Å². The van der Waals surface area contributed by atoms with E-state index in [1.54, 1.807) is 18.1 Å². The van der Waals surface area contributed by atoms with E-state index in [1.165, 1.54) is 0 Å². The van der Waals surface area contributed by atoms with Crippen LogP contribution >= 0.6 is 0 Å². The summed E-state index contributed by atoms with van der Waals surface area (Å²) in [7, 11) is 1.72. The van der Waals surface area contributed by atoms with E-state index in [-0.39, 0.29) is 11.7 Å². The fourth-order valence-corrected chi connectivity index (χ4v) is 3.51. The second-order valence-corrected chi connectivity index (χ2v) is 6.98. The first-order valence-electron chi connectivity index (χ1n) is 9.22. The quantitative estimate of drug-likeness (QED) is 0.567. The number of hydrogen-bond acceptors (Lipinski definition) is 6. The molecule has 0 fully saturated rings.